The third kappa shape index (κ3) is 3.09. The molecule has 3 rings (SSSR count). The molecule has 2 heterocycles. The molecule has 0 atom stereocenters. The Morgan fingerprint density at radius 1 is 1.35 bits per heavy atom. The van der Waals surface area contributed by atoms with Crippen molar-refractivity contribution in [1.82, 2.24) is 9.78 Å². The van der Waals surface area contributed by atoms with Crippen molar-refractivity contribution in [3.8, 4) is 17.0 Å². The van der Waals surface area contributed by atoms with Crippen molar-refractivity contribution >= 4 is 11.6 Å². The summed E-state index contributed by atoms with van der Waals surface area (Å²) in [7, 11) is 1.91. The lowest BCUT2D eigenvalue weighted by atomic mass is 10.0. The summed E-state index contributed by atoms with van der Waals surface area (Å²) in [6.45, 7) is 4.87. The van der Waals surface area contributed by atoms with Crippen molar-refractivity contribution in [1.29, 1.82) is 0 Å². The number of aromatic nitrogens is 2. The number of amides is 1. The van der Waals surface area contributed by atoms with Crippen LogP contribution in [0.3, 0.4) is 0 Å². The van der Waals surface area contributed by atoms with Gasteiger partial charge in [-0.2, -0.15) is 5.10 Å². The molecular weight excluding hydrogens is 290 g/mol. The van der Waals surface area contributed by atoms with E-state index in [4.69, 9.17) is 4.74 Å². The number of ether oxygens (including phenoxy) is 1. The highest BCUT2D eigenvalue weighted by Crippen LogP contribution is 2.36. The predicted molar refractivity (Wildman–Crippen MR) is 90.7 cm³/mol. The smallest absolute Gasteiger partial charge is 0.228 e. The van der Waals surface area contributed by atoms with Crippen molar-refractivity contribution < 1.29 is 9.53 Å². The van der Waals surface area contributed by atoms with E-state index in [-0.39, 0.29) is 5.91 Å². The summed E-state index contributed by atoms with van der Waals surface area (Å²) in [5.41, 5.74) is 4.95. The predicted octanol–water partition coefficient (Wildman–Crippen LogP) is 3.46. The van der Waals surface area contributed by atoms with E-state index in [1.165, 1.54) is 12.8 Å². The number of unbranched alkanes of at least 4 members (excludes halogenated alkanes) is 2. The quantitative estimate of drug-likeness (QED) is 0.831. The number of anilines is 1. The fraction of sp³-hybridized carbons (Fsp3) is 0.444. The lowest BCUT2D eigenvalue weighted by Crippen LogP contribution is -2.03. The Labute approximate surface area is 136 Å². The summed E-state index contributed by atoms with van der Waals surface area (Å²) in [5.74, 6) is 0.854. The van der Waals surface area contributed by atoms with Crippen LogP contribution in [0.25, 0.3) is 11.1 Å². The number of rotatable bonds is 6. The maximum absolute atomic E-state index is 11.5. The van der Waals surface area contributed by atoms with Crippen LogP contribution in [0.4, 0.5) is 5.69 Å². The van der Waals surface area contributed by atoms with Gasteiger partial charge in [-0.3, -0.25) is 4.79 Å². The zero-order valence-corrected chi connectivity index (χ0v) is 14.0. The van der Waals surface area contributed by atoms with Crippen molar-refractivity contribution in [2.24, 2.45) is 7.05 Å². The Morgan fingerprint density at radius 3 is 2.96 bits per heavy atom. The monoisotopic (exact) mass is 313 g/mol. The molecule has 5 nitrogen and oxygen atoms in total. The Kier molecular flexibility index (Phi) is 4.37. The summed E-state index contributed by atoms with van der Waals surface area (Å²) >= 11 is 0. The fourth-order valence-corrected chi connectivity index (χ4v) is 3.04. The Balaban J connectivity index is 1.90. The normalized spacial score (nSPS) is 13.1. The lowest BCUT2D eigenvalue weighted by Gasteiger charge is -2.10. The number of aryl methyl sites for hydroxylation is 2. The highest BCUT2D eigenvalue weighted by Gasteiger charge is 2.21. The summed E-state index contributed by atoms with van der Waals surface area (Å²) in [5, 5.41) is 7.37. The molecule has 122 valence electrons. The van der Waals surface area contributed by atoms with Gasteiger partial charge in [-0.25, -0.2) is 4.68 Å². The number of carbonyl (C=O) groups is 1. The number of nitrogens with one attached hydrogen (secondary N) is 1. The molecule has 0 saturated heterocycles. The van der Waals surface area contributed by atoms with Gasteiger partial charge in [-0.15, -0.1) is 0 Å². The fourth-order valence-electron chi connectivity index (χ4n) is 3.04. The van der Waals surface area contributed by atoms with E-state index in [0.29, 0.717) is 13.0 Å². The van der Waals surface area contributed by atoms with Crippen LogP contribution in [0.2, 0.25) is 0 Å². The molecule has 0 radical (unpaired) electrons. The van der Waals surface area contributed by atoms with Crippen LogP contribution in [0.5, 0.6) is 5.88 Å². The first-order chi connectivity index (χ1) is 11.1. The molecule has 1 aromatic carbocycles. The van der Waals surface area contributed by atoms with Crippen LogP contribution in [0, 0.1) is 6.92 Å². The maximum atomic E-state index is 11.5. The number of hydrogen-bond donors (Lipinski definition) is 1. The van der Waals surface area contributed by atoms with Gasteiger partial charge in [0.1, 0.15) is 0 Å². The molecule has 0 spiro atoms. The Morgan fingerprint density at radius 2 is 2.17 bits per heavy atom. The molecule has 0 unspecified atom stereocenters. The Hall–Kier alpha value is -2.30. The zero-order chi connectivity index (χ0) is 16.4. The highest BCUT2D eigenvalue weighted by molar-refractivity contribution is 5.99. The molecule has 5 heteroatoms. The van der Waals surface area contributed by atoms with Crippen molar-refractivity contribution in [3.63, 3.8) is 0 Å². The third-order valence-corrected chi connectivity index (χ3v) is 4.18. The van der Waals surface area contributed by atoms with Gasteiger partial charge in [-0.05, 0) is 36.6 Å². The van der Waals surface area contributed by atoms with Crippen molar-refractivity contribution in [2.45, 2.75) is 39.5 Å². The minimum absolute atomic E-state index is 0.0519. The minimum atomic E-state index is 0.0519. The van der Waals surface area contributed by atoms with Crippen molar-refractivity contribution in [2.75, 3.05) is 11.9 Å². The van der Waals surface area contributed by atoms with Gasteiger partial charge in [0, 0.05) is 12.7 Å². The number of hydrogen-bond acceptors (Lipinski definition) is 3. The van der Waals surface area contributed by atoms with Gasteiger partial charge in [0.15, 0.2) is 0 Å². The standard InChI is InChI=1S/C18H23N3O2/c1-4-5-6-9-23-18-17(12(2)20-21(18)3)13-7-8-15-14(10-13)11-16(22)19-15/h7-8,10H,4-6,9,11H2,1-3H3,(H,19,22). The second kappa shape index (κ2) is 6.44. The largest absolute Gasteiger partial charge is 0.477 e. The first-order valence-corrected chi connectivity index (χ1v) is 8.19. The van der Waals surface area contributed by atoms with Crippen LogP contribution in [0.1, 0.15) is 37.4 Å². The maximum Gasteiger partial charge on any atom is 0.228 e. The molecular formula is C18H23N3O2. The molecule has 0 aliphatic carbocycles. The number of carbonyl (C=O) groups excluding carboxylic acids is 1. The van der Waals surface area contributed by atoms with Crippen LogP contribution >= 0.6 is 0 Å². The first kappa shape index (κ1) is 15.6. The molecule has 1 aromatic heterocycles. The molecule has 1 aliphatic heterocycles. The topological polar surface area (TPSA) is 56.1 Å². The summed E-state index contributed by atoms with van der Waals surface area (Å²) in [4.78, 5) is 11.5. The molecule has 0 fully saturated rings. The van der Waals surface area contributed by atoms with Crippen molar-refractivity contribution in [3.05, 3.63) is 29.5 Å². The van der Waals surface area contributed by atoms with Crippen LogP contribution in [-0.2, 0) is 18.3 Å². The van der Waals surface area contributed by atoms with Gasteiger partial charge in [-0.1, -0.05) is 25.8 Å². The number of benzene rings is 1. The molecule has 1 aliphatic rings. The van der Waals surface area contributed by atoms with E-state index in [1.807, 2.05) is 26.1 Å². The molecule has 2 aromatic rings. The average Bonchev–Trinajstić information content (AvgIpc) is 3.01. The van der Waals surface area contributed by atoms with Crippen LogP contribution < -0.4 is 10.1 Å². The third-order valence-electron chi connectivity index (χ3n) is 4.18. The molecule has 1 N–H and O–H groups in total. The SMILES string of the molecule is CCCCCOc1c(-c2ccc3c(c2)CC(=O)N3)c(C)nn1C. The van der Waals surface area contributed by atoms with Gasteiger partial charge in [0.05, 0.1) is 24.3 Å². The summed E-state index contributed by atoms with van der Waals surface area (Å²) in [6.07, 6.45) is 3.82. The van der Waals surface area contributed by atoms with E-state index in [1.54, 1.807) is 4.68 Å². The van der Waals surface area contributed by atoms with E-state index in [9.17, 15) is 4.79 Å². The minimum Gasteiger partial charge on any atom is -0.477 e. The van der Waals surface area contributed by atoms with E-state index < -0.39 is 0 Å². The van der Waals surface area contributed by atoms with E-state index in [2.05, 4.69) is 23.4 Å². The van der Waals surface area contributed by atoms with Gasteiger partial charge in [0.2, 0.25) is 11.8 Å². The Bertz CT molecular complexity index is 734. The van der Waals surface area contributed by atoms with Crippen LogP contribution in [-0.4, -0.2) is 22.3 Å². The summed E-state index contributed by atoms with van der Waals surface area (Å²) in [6, 6.07) is 6.05. The number of nitrogens with zero attached hydrogens (tertiary/aromatic N) is 2. The second-order valence-corrected chi connectivity index (χ2v) is 6.04. The van der Waals surface area contributed by atoms with Gasteiger partial charge < -0.3 is 10.1 Å². The van der Waals surface area contributed by atoms with E-state index in [0.717, 1.165) is 40.4 Å². The molecule has 0 bridgehead atoms. The van der Waals surface area contributed by atoms with Gasteiger partial charge in [0.25, 0.3) is 0 Å². The molecule has 1 amide bonds. The van der Waals surface area contributed by atoms with Gasteiger partial charge >= 0.3 is 0 Å². The average molecular weight is 313 g/mol. The molecule has 23 heavy (non-hydrogen) atoms. The van der Waals surface area contributed by atoms with Crippen LogP contribution in [0.15, 0.2) is 18.2 Å². The van der Waals surface area contributed by atoms with E-state index >= 15 is 0 Å². The first-order valence-electron chi connectivity index (χ1n) is 8.19. The number of fused-ring (bicyclic) bond motifs is 1. The second-order valence-electron chi connectivity index (χ2n) is 6.04. The molecule has 0 saturated carbocycles. The highest BCUT2D eigenvalue weighted by atomic mass is 16.5. The lowest BCUT2D eigenvalue weighted by molar-refractivity contribution is -0.115. The summed E-state index contributed by atoms with van der Waals surface area (Å²) < 4.78 is 7.80. The zero-order valence-electron chi connectivity index (χ0n) is 14.0.